The Hall–Kier alpha value is -0.580. The molecule has 1 heterocycles. The van der Waals surface area contributed by atoms with Crippen LogP contribution in [0.15, 0.2) is 22.7 Å². The Labute approximate surface area is 140 Å². The van der Waals surface area contributed by atoms with Gasteiger partial charge >= 0.3 is 0 Å². The normalized spacial score (nSPS) is 16.8. The van der Waals surface area contributed by atoms with Gasteiger partial charge in [-0.2, -0.15) is 0 Å². The minimum absolute atomic E-state index is 0.0332. The van der Waals surface area contributed by atoms with Crippen LogP contribution in [0.4, 0.5) is 0 Å². The fraction of sp³-hybridized carbons (Fsp3) is 0.562. The van der Waals surface area contributed by atoms with Crippen LogP contribution in [-0.4, -0.2) is 36.0 Å². The Morgan fingerprint density at radius 1 is 1.33 bits per heavy atom. The highest BCUT2D eigenvalue weighted by molar-refractivity contribution is 9.10. The second-order valence-corrected chi connectivity index (χ2v) is 7.49. The van der Waals surface area contributed by atoms with Crippen molar-refractivity contribution in [3.05, 3.63) is 33.3 Å². The van der Waals surface area contributed by atoms with E-state index < -0.39 is 0 Å². The molecule has 1 fully saturated rings. The maximum Gasteiger partial charge on any atom is 0.252 e. The second kappa shape index (κ2) is 7.12. The van der Waals surface area contributed by atoms with Crippen molar-refractivity contribution in [3.63, 3.8) is 0 Å². The summed E-state index contributed by atoms with van der Waals surface area (Å²) in [5, 5.41) is 3.50. The number of hydrogen-bond donors (Lipinski definition) is 1. The number of carbonyl (C=O) groups excluding carboxylic acids is 1. The zero-order valence-electron chi connectivity index (χ0n) is 12.6. The highest BCUT2D eigenvalue weighted by Crippen LogP contribution is 2.22. The lowest BCUT2D eigenvalue weighted by Crippen LogP contribution is -2.53. The van der Waals surface area contributed by atoms with Crippen LogP contribution in [0.3, 0.4) is 0 Å². The second-order valence-electron chi connectivity index (χ2n) is 6.17. The van der Waals surface area contributed by atoms with Gasteiger partial charge in [-0.15, -0.1) is 0 Å². The monoisotopic (exact) mass is 372 g/mol. The molecule has 0 aromatic heterocycles. The first-order chi connectivity index (χ1) is 9.90. The Balaban J connectivity index is 1.98. The third-order valence-electron chi connectivity index (χ3n) is 4.07. The molecule has 3 nitrogen and oxygen atoms in total. The van der Waals surface area contributed by atoms with Crippen LogP contribution in [-0.2, 0) is 0 Å². The SMILES string of the molecule is CC(C)(CNC(=O)c1cc(Br)ccc1Cl)N1CCCCC1. The molecule has 21 heavy (non-hydrogen) atoms. The van der Waals surface area contributed by atoms with Crippen LogP contribution in [0.25, 0.3) is 0 Å². The zero-order valence-corrected chi connectivity index (χ0v) is 14.9. The zero-order chi connectivity index (χ0) is 15.5. The van der Waals surface area contributed by atoms with Gasteiger partial charge in [-0.05, 0) is 58.0 Å². The first-order valence-corrected chi connectivity index (χ1v) is 8.55. The molecule has 2 rings (SSSR count). The van der Waals surface area contributed by atoms with E-state index >= 15 is 0 Å². The fourth-order valence-electron chi connectivity index (χ4n) is 2.67. The molecule has 0 bridgehead atoms. The van der Waals surface area contributed by atoms with Crippen LogP contribution >= 0.6 is 27.5 Å². The molecule has 0 aliphatic carbocycles. The van der Waals surface area contributed by atoms with Crippen LogP contribution in [0.2, 0.25) is 5.02 Å². The number of amides is 1. The van der Waals surface area contributed by atoms with Crippen molar-refractivity contribution in [2.75, 3.05) is 19.6 Å². The largest absolute Gasteiger partial charge is 0.350 e. The fourth-order valence-corrected chi connectivity index (χ4v) is 3.24. The summed E-state index contributed by atoms with van der Waals surface area (Å²) in [5.74, 6) is -0.119. The van der Waals surface area contributed by atoms with Gasteiger partial charge in [0, 0.05) is 16.6 Å². The van der Waals surface area contributed by atoms with E-state index in [1.807, 2.05) is 6.07 Å². The molecule has 1 saturated heterocycles. The first kappa shape index (κ1) is 16.8. The summed E-state index contributed by atoms with van der Waals surface area (Å²) < 4.78 is 0.854. The molecule has 116 valence electrons. The van der Waals surface area contributed by atoms with Crippen LogP contribution in [0, 0.1) is 0 Å². The predicted octanol–water partition coefficient (Wildman–Crippen LogP) is 4.10. The maximum absolute atomic E-state index is 12.3. The molecule has 0 saturated carbocycles. The van der Waals surface area contributed by atoms with Gasteiger partial charge in [-0.25, -0.2) is 0 Å². The van der Waals surface area contributed by atoms with E-state index in [1.54, 1.807) is 12.1 Å². The third kappa shape index (κ3) is 4.44. The summed E-state index contributed by atoms with van der Waals surface area (Å²) in [6.45, 7) is 7.21. The molecule has 0 atom stereocenters. The Kier molecular flexibility index (Phi) is 5.69. The lowest BCUT2D eigenvalue weighted by molar-refractivity contribution is 0.0797. The first-order valence-electron chi connectivity index (χ1n) is 7.38. The summed E-state index contributed by atoms with van der Waals surface area (Å²) in [6.07, 6.45) is 3.80. The van der Waals surface area contributed by atoms with Gasteiger partial charge in [-0.1, -0.05) is 34.0 Å². The van der Waals surface area contributed by atoms with E-state index in [9.17, 15) is 4.79 Å². The van der Waals surface area contributed by atoms with Gasteiger partial charge < -0.3 is 5.32 Å². The van der Waals surface area contributed by atoms with Crippen molar-refractivity contribution >= 4 is 33.4 Å². The summed E-state index contributed by atoms with van der Waals surface area (Å²) >= 11 is 9.47. The van der Waals surface area contributed by atoms with Crippen LogP contribution in [0.1, 0.15) is 43.5 Å². The van der Waals surface area contributed by atoms with Gasteiger partial charge in [0.25, 0.3) is 5.91 Å². The lowest BCUT2D eigenvalue weighted by atomic mass is 9.98. The summed E-state index contributed by atoms with van der Waals surface area (Å²) in [6, 6.07) is 5.32. The topological polar surface area (TPSA) is 32.3 Å². The number of nitrogens with zero attached hydrogens (tertiary/aromatic N) is 1. The van der Waals surface area contributed by atoms with E-state index in [0.29, 0.717) is 17.1 Å². The van der Waals surface area contributed by atoms with Crippen molar-refractivity contribution in [2.24, 2.45) is 0 Å². The molecule has 5 heteroatoms. The van der Waals surface area contributed by atoms with Gasteiger partial charge in [-0.3, -0.25) is 9.69 Å². The van der Waals surface area contributed by atoms with Gasteiger partial charge in [0.05, 0.1) is 10.6 Å². The number of piperidine rings is 1. The van der Waals surface area contributed by atoms with Crippen molar-refractivity contribution in [2.45, 2.75) is 38.6 Å². The highest BCUT2D eigenvalue weighted by atomic mass is 79.9. The molecule has 1 aromatic rings. The van der Waals surface area contributed by atoms with E-state index in [0.717, 1.165) is 17.6 Å². The third-order valence-corrected chi connectivity index (χ3v) is 4.89. The quantitative estimate of drug-likeness (QED) is 0.862. The number of rotatable bonds is 4. The number of benzene rings is 1. The van der Waals surface area contributed by atoms with E-state index in [1.165, 1.54) is 19.3 Å². The molecule has 1 aliphatic heterocycles. The minimum atomic E-state index is -0.119. The van der Waals surface area contributed by atoms with Gasteiger partial charge in [0.2, 0.25) is 0 Å². The standard InChI is InChI=1S/C16H22BrClN2O/c1-16(2,20-8-4-3-5-9-20)11-19-15(21)13-10-12(17)6-7-14(13)18/h6-7,10H,3-5,8-9,11H2,1-2H3,(H,19,21). The average molecular weight is 374 g/mol. The van der Waals surface area contributed by atoms with E-state index in [4.69, 9.17) is 11.6 Å². The van der Waals surface area contributed by atoms with Gasteiger partial charge in [0.1, 0.15) is 0 Å². The van der Waals surface area contributed by atoms with Crippen molar-refractivity contribution < 1.29 is 4.79 Å². The molecule has 0 spiro atoms. The molecule has 1 amide bonds. The average Bonchev–Trinajstić information content (AvgIpc) is 2.48. The van der Waals surface area contributed by atoms with Crippen molar-refractivity contribution in [1.29, 1.82) is 0 Å². The van der Waals surface area contributed by atoms with Gasteiger partial charge in [0.15, 0.2) is 0 Å². The minimum Gasteiger partial charge on any atom is -0.350 e. The smallest absolute Gasteiger partial charge is 0.252 e. The summed E-state index contributed by atoms with van der Waals surface area (Å²) in [7, 11) is 0. The Morgan fingerprint density at radius 2 is 2.00 bits per heavy atom. The molecule has 0 unspecified atom stereocenters. The Morgan fingerprint density at radius 3 is 2.67 bits per heavy atom. The number of carbonyl (C=O) groups is 1. The molecule has 1 N–H and O–H groups in total. The molecule has 0 radical (unpaired) electrons. The van der Waals surface area contributed by atoms with Crippen molar-refractivity contribution in [3.8, 4) is 0 Å². The number of likely N-dealkylation sites (tertiary alicyclic amines) is 1. The summed E-state index contributed by atoms with van der Waals surface area (Å²) in [4.78, 5) is 14.8. The molecule has 1 aromatic carbocycles. The molecule has 1 aliphatic rings. The lowest BCUT2D eigenvalue weighted by Gasteiger charge is -2.41. The van der Waals surface area contributed by atoms with E-state index in [2.05, 4.69) is 40.0 Å². The van der Waals surface area contributed by atoms with E-state index in [-0.39, 0.29) is 11.4 Å². The highest BCUT2D eigenvalue weighted by Gasteiger charge is 2.28. The predicted molar refractivity (Wildman–Crippen MR) is 91.0 cm³/mol. The number of hydrogen-bond acceptors (Lipinski definition) is 2. The van der Waals surface area contributed by atoms with Crippen LogP contribution in [0.5, 0.6) is 0 Å². The molecular formula is C16H22BrClN2O. The van der Waals surface area contributed by atoms with Crippen molar-refractivity contribution in [1.82, 2.24) is 10.2 Å². The summed E-state index contributed by atoms with van der Waals surface area (Å²) in [5.41, 5.74) is 0.481. The maximum atomic E-state index is 12.3. The number of nitrogens with one attached hydrogen (secondary N) is 1. The number of halogens is 2. The van der Waals surface area contributed by atoms with Crippen LogP contribution < -0.4 is 5.32 Å². The molecular weight excluding hydrogens is 352 g/mol. The Bertz CT molecular complexity index is 513.